The number of hydrogen-bond donors (Lipinski definition) is 0. The summed E-state index contributed by atoms with van der Waals surface area (Å²) in [5.74, 6) is -0.261. The van der Waals surface area contributed by atoms with E-state index in [4.69, 9.17) is 9.44 Å². The third-order valence-corrected chi connectivity index (χ3v) is 2.76. The Labute approximate surface area is 78.6 Å². The van der Waals surface area contributed by atoms with Gasteiger partial charge in [0.1, 0.15) is 0 Å². The second-order valence-electron chi connectivity index (χ2n) is 3.36. The van der Waals surface area contributed by atoms with Gasteiger partial charge in [-0.1, -0.05) is 12.8 Å². The Bertz CT molecular complexity index is 304. The molecule has 5 heteroatoms. The van der Waals surface area contributed by atoms with Crippen molar-refractivity contribution in [2.75, 3.05) is 6.26 Å². The highest BCUT2D eigenvalue weighted by Crippen LogP contribution is 2.27. The van der Waals surface area contributed by atoms with Crippen LogP contribution in [-0.2, 0) is 14.3 Å². The highest BCUT2D eigenvalue weighted by atomic mass is 32.2. The van der Waals surface area contributed by atoms with Crippen LogP contribution in [0.25, 0.3) is 0 Å². The summed E-state index contributed by atoms with van der Waals surface area (Å²) in [7, 11) is -3.42. The summed E-state index contributed by atoms with van der Waals surface area (Å²) in [4.78, 5) is 0. The Morgan fingerprint density at radius 3 is 2.54 bits per heavy atom. The minimum atomic E-state index is -3.42. The molecule has 74 valence electrons. The molecule has 0 aliphatic heterocycles. The standard InChI is InChI=1S/C8H13NO3S/c1-13(10,11)12-8-5-3-2-4-7(8)6-9/h7-8H,2-5H2,1H3. The van der Waals surface area contributed by atoms with Crippen LogP contribution in [0, 0.1) is 17.2 Å². The molecule has 1 rings (SSSR count). The molecule has 4 nitrogen and oxygen atoms in total. The molecule has 0 saturated heterocycles. The Morgan fingerprint density at radius 1 is 1.38 bits per heavy atom. The van der Waals surface area contributed by atoms with Crippen LogP contribution in [-0.4, -0.2) is 20.8 Å². The Balaban J connectivity index is 2.62. The summed E-state index contributed by atoms with van der Waals surface area (Å²) in [6, 6.07) is 2.09. The fourth-order valence-corrected chi connectivity index (χ4v) is 2.26. The van der Waals surface area contributed by atoms with E-state index in [9.17, 15) is 8.42 Å². The van der Waals surface area contributed by atoms with Crippen molar-refractivity contribution in [2.45, 2.75) is 31.8 Å². The van der Waals surface area contributed by atoms with E-state index in [1.54, 1.807) is 0 Å². The van der Waals surface area contributed by atoms with Gasteiger partial charge in [-0.25, -0.2) is 0 Å². The molecule has 1 aliphatic rings. The number of nitriles is 1. The summed E-state index contributed by atoms with van der Waals surface area (Å²) in [6.45, 7) is 0. The summed E-state index contributed by atoms with van der Waals surface area (Å²) in [5.41, 5.74) is 0. The van der Waals surface area contributed by atoms with E-state index in [2.05, 4.69) is 6.07 Å². The van der Waals surface area contributed by atoms with Crippen molar-refractivity contribution in [1.29, 1.82) is 5.26 Å². The normalized spacial score (nSPS) is 29.5. The van der Waals surface area contributed by atoms with Gasteiger partial charge in [0.05, 0.1) is 24.3 Å². The van der Waals surface area contributed by atoms with E-state index in [1.165, 1.54) is 0 Å². The van der Waals surface area contributed by atoms with Crippen LogP contribution < -0.4 is 0 Å². The van der Waals surface area contributed by atoms with Crippen molar-refractivity contribution in [3.63, 3.8) is 0 Å². The van der Waals surface area contributed by atoms with Crippen LogP contribution in [0.4, 0.5) is 0 Å². The highest BCUT2D eigenvalue weighted by Gasteiger charge is 2.28. The molecule has 0 aromatic heterocycles. The molecule has 1 saturated carbocycles. The zero-order valence-electron chi connectivity index (χ0n) is 7.56. The lowest BCUT2D eigenvalue weighted by molar-refractivity contribution is 0.128. The van der Waals surface area contributed by atoms with Gasteiger partial charge in [0.25, 0.3) is 10.1 Å². The smallest absolute Gasteiger partial charge is 0.264 e. The minimum Gasteiger partial charge on any atom is -0.266 e. The summed E-state index contributed by atoms with van der Waals surface area (Å²) >= 11 is 0. The van der Waals surface area contributed by atoms with E-state index >= 15 is 0 Å². The SMILES string of the molecule is CS(=O)(=O)OC1CCCCC1C#N. The van der Waals surface area contributed by atoms with Crippen molar-refractivity contribution in [2.24, 2.45) is 5.92 Å². The van der Waals surface area contributed by atoms with Crippen LogP contribution in [0.1, 0.15) is 25.7 Å². The van der Waals surface area contributed by atoms with Crippen molar-refractivity contribution in [3.8, 4) is 6.07 Å². The second kappa shape index (κ2) is 4.07. The lowest BCUT2D eigenvalue weighted by atomic mass is 9.88. The van der Waals surface area contributed by atoms with Crippen LogP contribution in [0.15, 0.2) is 0 Å². The molecule has 1 fully saturated rings. The van der Waals surface area contributed by atoms with Crippen LogP contribution in [0.3, 0.4) is 0 Å². The minimum absolute atomic E-state index is 0.261. The summed E-state index contributed by atoms with van der Waals surface area (Å²) < 4.78 is 26.5. The zero-order valence-corrected chi connectivity index (χ0v) is 8.38. The maximum absolute atomic E-state index is 10.8. The van der Waals surface area contributed by atoms with Crippen molar-refractivity contribution >= 4 is 10.1 Å². The average Bonchev–Trinajstić information content (AvgIpc) is 2.02. The molecule has 0 radical (unpaired) electrons. The fourth-order valence-electron chi connectivity index (χ4n) is 1.58. The highest BCUT2D eigenvalue weighted by molar-refractivity contribution is 7.86. The van der Waals surface area contributed by atoms with Crippen molar-refractivity contribution in [3.05, 3.63) is 0 Å². The molecule has 0 heterocycles. The molecular formula is C8H13NO3S. The van der Waals surface area contributed by atoms with Gasteiger partial charge in [0, 0.05) is 0 Å². The van der Waals surface area contributed by atoms with E-state index in [-0.39, 0.29) is 5.92 Å². The molecule has 2 unspecified atom stereocenters. The van der Waals surface area contributed by atoms with Crippen LogP contribution in [0.2, 0.25) is 0 Å². The number of nitrogens with zero attached hydrogens (tertiary/aromatic N) is 1. The van der Waals surface area contributed by atoms with E-state index in [1.807, 2.05) is 0 Å². The molecule has 0 spiro atoms. The monoisotopic (exact) mass is 203 g/mol. The largest absolute Gasteiger partial charge is 0.266 e. The van der Waals surface area contributed by atoms with Gasteiger partial charge in [-0.3, -0.25) is 4.18 Å². The molecule has 2 atom stereocenters. The Morgan fingerprint density at radius 2 is 2.00 bits per heavy atom. The first-order chi connectivity index (χ1) is 6.03. The van der Waals surface area contributed by atoms with Gasteiger partial charge in [-0.2, -0.15) is 13.7 Å². The third kappa shape index (κ3) is 3.33. The Hall–Kier alpha value is -0.600. The number of hydrogen-bond acceptors (Lipinski definition) is 4. The van der Waals surface area contributed by atoms with Gasteiger partial charge in [-0.15, -0.1) is 0 Å². The van der Waals surface area contributed by atoms with E-state index in [0.717, 1.165) is 25.5 Å². The average molecular weight is 203 g/mol. The first kappa shape index (κ1) is 10.5. The van der Waals surface area contributed by atoms with Crippen LogP contribution in [0.5, 0.6) is 0 Å². The maximum Gasteiger partial charge on any atom is 0.264 e. The lowest BCUT2D eigenvalue weighted by Crippen LogP contribution is -2.28. The van der Waals surface area contributed by atoms with Gasteiger partial charge in [-0.05, 0) is 12.8 Å². The van der Waals surface area contributed by atoms with E-state index in [0.29, 0.717) is 6.42 Å². The predicted molar refractivity (Wildman–Crippen MR) is 47.3 cm³/mol. The van der Waals surface area contributed by atoms with Crippen molar-refractivity contribution < 1.29 is 12.6 Å². The quantitative estimate of drug-likeness (QED) is 0.629. The van der Waals surface area contributed by atoms with Gasteiger partial charge in [0.15, 0.2) is 0 Å². The first-order valence-corrected chi connectivity index (χ1v) is 6.12. The predicted octanol–water partition coefficient (Wildman–Crippen LogP) is 1.04. The zero-order chi connectivity index (χ0) is 9.90. The van der Waals surface area contributed by atoms with Gasteiger partial charge < -0.3 is 0 Å². The molecule has 0 aromatic carbocycles. The number of rotatable bonds is 2. The fraction of sp³-hybridized carbons (Fsp3) is 0.875. The lowest BCUT2D eigenvalue weighted by Gasteiger charge is -2.25. The summed E-state index contributed by atoms with van der Waals surface area (Å²) in [6.07, 6.45) is 3.95. The van der Waals surface area contributed by atoms with Gasteiger partial charge in [0.2, 0.25) is 0 Å². The Kier molecular flexibility index (Phi) is 3.28. The maximum atomic E-state index is 10.8. The molecule has 0 N–H and O–H groups in total. The van der Waals surface area contributed by atoms with Crippen LogP contribution >= 0.6 is 0 Å². The van der Waals surface area contributed by atoms with Gasteiger partial charge >= 0.3 is 0 Å². The first-order valence-electron chi connectivity index (χ1n) is 4.31. The second-order valence-corrected chi connectivity index (χ2v) is 4.96. The summed E-state index contributed by atoms with van der Waals surface area (Å²) in [5, 5.41) is 8.73. The topological polar surface area (TPSA) is 67.2 Å². The van der Waals surface area contributed by atoms with E-state index < -0.39 is 16.2 Å². The molecule has 0 aromatic rings. The molecule has 0 bridgehead atoms. The van der Waals surface area contributed by atoms with Crippen molar-refractivity contribution in [1.82, 2.24) is 0 Å². The molecule has 13 heavy (non-hydrogen) atoms. The third-order valence-electron chi connectivity index (χ3n) is 2.17. The molecule has 0 amide bonds. The molecular weight excluding hydrogens is 190 g/mol. The molecule has 1 aliphatic carbocycles.